The molecular weight excluding hydrogens is 136 g/mol. The maximum absolute atomic E-state index is 9.80. The lowest BCUT2D eigenvalue weighted by atomic mass is 10.4. The summed E-state index contributed by atoms with van der Waals surface area (Å²) in [6.45, 7) is 0. The number of carbonyl (C=O) groups is 1. The Hall–Kier alpha value is -1.13. The molecule has 0 fully saturated rings. The van der Waals surface area contributed by atoms with Gasteiger partial charge in [-0.15, -0.1) is 0 Å². The number of rotatable bonds is 3. The highest BCUT2D eigenvalue weighted by atomic mass is 16.5. The maximum atomic E-state index is 9.80. The van der Waals surface area contributed by atoms with E-state index in [1.54, 1.807) is 0 Å². The summed E-state index contributed by atoms with van der Waals surface area (Å²) in [5.74, 6) is -1.07. The Bertz CT molecular complexity index is 157. The summed E-state index contributed by atoms with van der Waals surface area (Å²) in [6, 6.07) is 0. The fourth-order valence-corrected chi connectivity index (χ4v) is 0.301. The largest absolute Gasteiger partial charge is 0.478 e. The smallest absolute Gasteiger partial charge is 0.328 e. The SMILES string of the molecule is O=C(O)C=CC=CC(O)O. The molecule has 0 aromatic heterocycles. The summed E-state index contributed by atoms with van der Waals surface area (Å²) < 4.78 is 0. The van der Waals surface area contributed by atoms with E-state index in [0.717, 1.165) is 12.2 Å². The molecule has 56 valence electrons. The van der Waals surface area contributed by atoms with Crippen molar-refractivity contribution in [2.24, 2.45) is 0 Å². The summed E-state index contributed by atoms with van der Waals surface area (Å²) in [7, 11) is 0. The molecule has 0 unspecified atom stereocenters. The Morgan fingerprint density at radius 3 is 2.30 bits per heavy atom. The first-order valence-corrected chi connectivity index (χ1v) is 2.57. The quantitative estimate of drug-likeness (QED) is 0.283. The third-order valence-electron chi connectivity index (χ3n) is 0.633. The molecule has 0 amide bonds. The Kier molecular flexibility index (Phi) is 4.19. The number of carboxylic acids is 1. The van der Waals surface area contributed by atoms with E-state index in [-0.39, 0.29) is 0 Å². The van der Waals surface area contributed by atoms with E-state index in [1.807, 2.05) is 0 Å². The standard InChI is InChI=1S/C6H8O4/c7-5(8)3-1-2-4-6(9)10/h1-5,7-8H,(H,9,10). The van der Waals surface area contributed by atoms with Gasteiger partial charge in [0.25, 0.3) is 0 Å². The zero-order chi connectivity index (χ0) is 7.98. The van der Waals surface area contributed by atoms with Crippen LogP contribution in [0.15, 0.2) is 24.3 Å². The van der Waals surface area contributed by atoms with Crippen LogP contribution in [0.1, 0.15) is 0 Å². The Morgan fingerprint density at radius 2 is 1.90 bits per heavy atom. The van der Waals surface area contributed by atoms with Crippen molar-refractivity contribution in [2.75, 3.05) is 0 Å². The van der Waals surface area contributed by atoms with Gasteiger partial charge in [-0.3, -0.25) is 0 Å². The predicted octanol–water partition coefficient (Wildman–Crippen LogP) is -0.506. The second-order valence-corrected chi connectivity index (χ2v) is 1.50. The molecule has 0 rings (SSSR count). The van der Waals surface area contributed by atoms with Crippen LogP contribution in [0.3, 0.4) is 0 Å². The van der Waals surface area contributed by atoms with Crippen LogP contribution in [-0.2, 0) is 4.79 Å². The first-order valence-electron chi connectivity index (χ1n) is 2.57. The summed E-state index contributed by atoms with van der Waals surface area (Å²) in [6.07, 6.45) is 2.83. The van der Waals surface area contributed by atoms with Gasteiger partial charge in [0, 0.05) is 6.08 Å². The van der Waals surface area contributed by atoms with Gasteiger partial charge in [-0.05, 0) is 6.08 Å². The molecule has 0 saturated heterocycles. The maximum Gasteiger partial charge on any atom is 0.328 e. The minimum atomic E-state index is -1.53. The van der Waals surface area contributed by atoms with Gasteiger partial charge in [0.15, 0.2) is 6.29 Å². The number of hydrogen-bond donors (Lipinski definition) is 3. The number of aliphatic hydroxyl groups excluding tert-OH is 1. The summed E-state index contributed by atoms with van der Waals surface area (Å²) in [4.78, 5) is 9.80. The highest BCUT2D eigenvalue weighted by Crippen LogP contribution is 1.80. The molecule has 0 heterocycles. The summed E-state index contributed by atoms with van der Waals surface area (Å²) >= 11 is 0. The Balaban J connectivity index is 3.62. The molecule has 0 atom stereocenters. The van der Waals surface area contributed by atoms with Gasteiger partial charge in [0.1, 0.15) is 0 Å². The molecule has 0 aliphatic heterocycles. The van der Waals surface area contributed by atoms with Crippen molar-refractivity contribution in [1.82, 2.24) is 0 Å². The van der Waals surface area contributed by atoms with Crippen LogP contribution in [0.4, 0.5) is 0 Å². The van der Waals surface area contributed by atoms with Gasteiger partial charge in [-0.25, -0.2) is 4.79 Å². The molecule has 0 spiro atoms. The number of hydrogen-bond acceptors (Lipinski definition) is 3. The van der Waals surface area contributed by atoms with E-state index < -0.39 is 12.3 Å². The first kappa shape index (κ1) is 8.87. The van der Waals surface area contributed by atoms with E-state index in [9.17, 15) is 4.79 Å². The molecule has 0 saturated carbocycles. The lowest BCUT2D eigenvalue weighted by molar-refractivity contribution is -0.131. The van der Waals surface area contributed by atoms with Crippen molar-refractivity contribution in [1.29, 1.82) is 0 Å². The molecule has 0 bridgehead atoms. The van der Waals surface area contributed by atoms with Crippen molar-refractivity contribution in [3.63, 3.8) is 0 Å². The molecule has 0 aliphatic rings. The molecule has 4 heteroatoms. The molecule has 10 heavy (non-hydrogen) atoms. The van der Waals surface area contributed by atoms with Gasteiger partial charge in [-0.2, -0.15) is 0 Å². The molecule has 0 aromatic rings. The molecule has 4 nitrogen and oxygen atoms in total. The van der Waals surface area contributed by atoms with E-state index in [0.29, 0.717) is 0 Å². The number of aliphatic hydroxyl groups is 2. The van der Waals surface area contributed by atoms with Crippen molar-refractivity contribution < 1.29 is 20.1 Å². The molecule has 0 radical (unpaired) electrons. The van der Waals surface area contributed by atoms with E-state index in [4.69, 9.17) is 15.3 Å². The van der Waals surface area contributed by atoms with Crippen LogP contribution < -0.4 is 0 Å². The number of aliphatic carboxylic acids is 1. The highest BCUT2D eigenvalue weighted by Gasteiger charge is 1.84. The zero-order valence-electron chi connectivity index (χ0n) is 5.14. The molecular formula is C6H8O4. The molecule has 0 aliphatic carbocycles. The summed E-state index contributed by atoms with van der Waals surface area (Å²) in [5, 5.41) is 24.4. The predicted molar refractivity (Wildman–Crippen MR) is 34.1 cm³/mol. The van der Waals surface area contributed by atoms with Gasteiger partial charge in [0.05, 0.1) is 0 Å². The number of carboxylic acid groups (broad SMARTS) is 1. The van der Waals surface area contributed by atoms with Gasteiger partial charge >= 0.3 is 5.97 Å². The minimum Gasteiger partial charge on any atom is -0.478 e. The average molecular weight is 144 g/mol. The first-order chi connectivity index (χ1) is 4.63. The Morgan fingerprint density at radius 1 is 1.30 bits per heavy atom. The topological polar surface area (TPSA) is 77.8 Å². The van der Waals surface area contributed by atoms with Crippen molar-refractivity contribution in [3.8, 4) is 0 Å². The highest BCUT2D eigenvalue weighted by molar-refractivity contribution is 5.80. The third-order valence-corrected chi connectivity index (χ3v) is 0.633. The van der Waals surface area contributed by atoms with Gasteiger partial charge in [-0.1, -0.05) is 12.2 Å². The van der Waals surface area contributed by atoms with Crippen molar-refractivity contribution in [2.45, 2.75) is 6.29 Å². The van der Waals surface area contributed by atoms with Crippen LogP contribution in [0.5, 0.6) is 0 Å². The second kappa shape index (κ2) is 4.72. The van der Waals surface area contributed by atoms with Crippen molar-refractivity contribution >= 4 is 5.97 Å². The fraction of sp³-hybridized carbons (Fsp3) is 0.167. The Labute approximate surface area is 57.7 Å². The lowest BCUT2D eigenvalue weighted by Crippen LogP contribution is -1.96. The fourth-order valence-electron chi connectivity index (χ4n) is 0.301. The van der Waals surface area contributed by atoms with Crippen molar-refractivity contribution in [3.05, 3.63) is 24.3 Å². The zero-order valence-corrected chi connectivity index (χ0v) is 5.14. The van der Waals surface area contributed by atoms with Gasteiger partial charge < -0.3 is 15.3 Å². The van der Waals surface area contributed by atoms with Crippen LogP contribution in [-0.4, -0.2) is 27.6 Å². The van der Waals surface area contributed by atoms with E-state index in [2.05, 4.69) is 0 Å². The van der Waals surface area contributed by atoms with Crippen LogP contribution in [0, 0.1) is 0 Å². The molecule has 3 N–H and O–H groups in total. The normalized spacial score (nSPS) is 11.9. The average Bonchev–Trinajstić information content (AvgIpc) is 1.79. The third kappa shape index (κ3) is 6.87. The lowest BCUT2D eigenvalue weighted by Gasteiger charge is -1.88. The van der Waals surface area contributed by atoms with E-state index in [1.165, 1.54) is 12.2 Å². The van der Waals surface area contributed by atoms with Gasteiger partial charge in [0.2, 0.25) is 0 Å². The van der Waals surface area contributed by atoms with Crippen LogP contribution >= 0.6 is 0 Å². The van der Waals surface area contributed by atoms with Crippen LogP contribution in [0.25, 0.3) is 0 Å². The summed E-state index contributed by atoms with van der Waals surface area (Å²) in [5.41, 5.74) is 0. The second-order valence-electron chi connectivity index (χ2n) is 1.50. The number of allylic oxidation sites excluding steroid dienone is 2. The minimum absolute atomic E-state index is 0.888. The monoisotopic (exact) mass is 144 g/mol. The van der Waals surface area contributed by atoms with E-state index >= 15 is 0 Å². The molecule has 0 aromatic carbocycles. The van der Waals surface area contributed by atoms with Crippen LogP contribution in [0.2, 0.25) is 0 Å².